The van der Waals surface area contributed by atoms with Crippen molar-refractivity contribution < 1.29 is 21.6 Å². The molecule has 1 rings (SSSR count). The summed E-state index contributed by atoms with van der Waals surface area (Å²) in [6, 6.07) is 3.57. The molecule has 0 spiro atoms. The molecular weight excluding hydrogens is 340 g/mol. The quantitative estimate of drug-likeness (QED) is 0.825. The van der Waals surface area contributed by atoms with Gasteiger partial charge in [-0.25, -0.2) is 22.0 Å². The summed E-state index contributed by atoms with van der Waals surface area (Å²) in [5, 5.41) is 7.15. The smallest absolute Gasteiger partial charge is 0.245 e. The largest absolute Gasteiger partial charge is 0.325 e. The first kappa shape index (κ1) is 17.9. The number of nitrogens with two attached hydrogens (primary N) is 1. The normalized spacial score (nSPS) is 13.0. The third-order valence-corrected chi connectivity index (χ3v) is 6.40. The molecule has 1 aromatic carbocycles. The second kappa shape index (κ2) is 5.56. The van der Waals surface area contributed by atoms with Crippen LogP contribution in [0.3, 0.4) is 0 Å². The maximum absolute atomic E-state index is 12.0. The minimum atomic E-state index is -3.97. The summed E-state index contributed by atoms with van der Waals surface area (Å²) >= 11 is 5.77. The lowest BCUT2D eigenvalue weighted by Gasteiger charge is -2.21. The van der Waals surface area contributed by atoms with Crippen molar-refractivity contribution in [2.24, 2.45) is 5.14 Å². The molecule has 0 bridgehead atoms. The average Bonchev–Trinajstić information content (AvgIpc) is 2.25. The van der Waals surface area contributed by atoms with Gasteiger partial charge in [-0.3, -0.25) is 4.79 Å². The van der Waals surface area contributed by atoms with Gasteiger partial charge in [0.15, 0.2) is 9.84 Å². The van der Waals surface area contributed by atoms with Crippen LogP contribution < -0.4 is 10.5 Å². The van der Waals surface area contributed by atoms with Crippen molar-refractivity contribution in [3.8, 4) is 0 Å². The number of carbonyl (C=O) groups excluding carboxylic acids is 1. The second-order valence-electron chi connectivity index (χ2n) is 4.93. The molecule has 10 heteroatoms. The molecule has 0 heterocycles. The monoisotopic (exact) mass is 354 g/mol. The third kappa shape index (κ3) is 3.94. The van der Waals surface area contributed by atoms with Gasteiger partial charge in [0.05, 0.1) is 5.02 Å². The molecule has 21 heavy (non-hydrogen) atoms. The van der Waals surface area contributed by atoms with Gasteiger partial charge in [-0.1, -0.05) is 11.6 Å². The molecule has 118 valence electrons. The Labute approximate surface area is 128 Å². The van der Waals surface area contributed by atoms with Crippen molar-refractivity contribution in [1.82, 2.24) is 0 Å². The SMILES string of the molecule is CC(C)(C(=O)Nc1ccc(S(N)(=O)=O)c(Cl)c1)S(C)(=O)=O. The van der Waals surface area contributed by atoms with Gasteiger partial charge in [-0.05, 0) is 32.0 Å². The highest BCUT2D eigenvalue weighted by Crippen LogP contribution is 2.25. The van der Waals surface area contributed by atoms with Gasteiger partial charge in [0, 0.05) is 11.9 Å². The fourth-order valence-corrected chi connectivity index (χ4v) is 2.74. The van der Waals surface area contributed by atoms with Crippen LogP contribution in [0.1, 0.15) is 13.8 Å². The van der Waals surface area contributed by atoms with E-state index in [0.29, 0.717) is 0 Å². The Morgan fingerprint density at radius 1 is 1.24 bits per heavy atom. The lowest BCUT2D eigenvalue weighted by atomic mass is 10.2. The Kier molecular flexibility index (Phi) is 4.74. The number of benzene rings is 1. The summed E-state index contributed by atoms with van der Waals surface area (Å²) in [5.41, 5.74) is 0.161. The van der Waals surface area contributed by atoms with Gasteiger partial charge >= 0.3 is 0 Å². The van der Waals surface area contributed by atoms with E-state index in [9.17, 15) is 21.6 Å². The fourth-order valence-electron chi connectivity index (χ4n) is 1.26. The molecular formula is C11H15ClN2O5S2. The summed E-state index contributed by atoms with van der Waals surface area (Å²) in [4.78, 5) is 11.7. The van der Waals surface area contributed by atoms with E-state index in [4.69, 9.17) is 16.7 Å². The van der Waals surface area contributed by atoms with Crippen molar-refractivity contribution in [3.63, 3.8) is 0 Å². The summed E-state index contributed by atoms with van der Waals surface area (Å²) in [6.07, 6.45) is 0.948. The van der Waals surface area contributed by atoms with Crippen LogP contribution in [0.15, 0.2) is 23.1 Å². The fraction of sp³-hybridized carbons (Fsp3) is 0.364. The number of hydrogen-bond donors (Lipinski definition) is 2. The van der Waals surface area contributed by atoms with Crippen molar-refractivity contribution >= 4 is 43.1 Å². The van der Waals surface area contributed by atoms with Crippen molar-refractivity contribution in [2.75, 3.05) is 11.6 Å². The van der Waals surface area contributed by atoms with Crippen LogP contribution in [0.25, 0.3) is 0 Å². The van der Waals surface area contributed by atoms with Crippen LogP contribution in [0.4, 0.5) is 5.69 Å². The van der Waals surface area contributed by atoms with Crippen molar-refractivity contribution in [2.45, 2.75) is 23.5 Å². The van der Waals surface area contributed by atoms with Crippen molar-refractivity contribution in [3.05, 3.63) is 23.2 Å². The van der Waals surface area contributed by atoms with Crippen molar-refractivity contribution in [1.29, 1.82) is 0 Å². The zero-order valence-corrected chi connectivity index (χ0v) is 13.9. The molecule has 0 saturated carbocycles. The number of carbonyl (C=O) groups is 1. The molecule has 0 saturated heterocycles. The van der Waals surface area contributed by atoms with Gasteiger partial charge in [0.25, 0.3) is 0 Å². The number of halogens is 1. The Balaban J connectivity index is 3.12. The molecule has 0 aromatic heterocycles. The lowest BCUT2D eigenvalue weighted by Crippen LogP contribution is -2.43. The minimum Gasteiger partial charge on any atom is -0.325 e. The highest BCUT2D eigenvalue weighted by atomic mass is 35.5. The molecule has 0 radical (unpaired) electrons. The maximum Gasteiger partial charge on any atom is 0.245 e. The van der Waals surface area contributed by atoms with Crippen LogP contribution in [-0.4, -0.2) is 33.7 Å². The topological polar surface area (TPSA) is 123 Å². The van der Waals surface area contributed by atoms with Crippen LogP contribution in [0.5, 0.6) is 0 Å². The van der Waals surface area contributed by atoms with Gasteiger partial charge in [0.1, 0.15) is 9.64 Å². The predicted molar refractivity (Wildman–Crippen MR) is 80.4 cm³/mol. The number of anilines is 1. The zero-order valence-electron chi connectivity index (χ0n) is 11.5. The van der Waals surface area contributed by atoms with Gasteiger partial charge < -0.3 is 5.32 Å². The molecule has 0 fully saturated rings. The first-order valence-corrected chi connectivity index (χ1v) is 9.42. The van der Waals surface area contributed by atoms with E-state index in [1.54, 1.807) is 0 Å². The van der Waals surface area contributed by atoms with Gasteiger partial charge in [-0.2, -0.15) is 0 Å². The summed E-state index contributed by atoms with van der Waals surface area (Å²) < 4.78 is 43.9. The number of primary sulfonamides is 1. The standard InChI is InChI=1S/C11H15ClN2O5S2/c1-11(2,20(3,16)17)10(15)14-7-4-5-9(8(12)6-7)21(13,18)19/h4-6H,1-3H3,(H,14,15)(H2,13,18,19). The second-order valence-corrected chi connectivity index (χ2v) is 9.43. The molecule has 0 aliphatic heterocycles. The predicted octanol–water partition coefficient (Wildman–Crippen LogP) is 0.749. The Morgan fingerprint density at radius 3 is 2.14 bits per heavy atom. The number of rotatable bonds is 4. The summed E-state index contributed by atoms with van der Waals surface area (Å²) in [6.45, 7) is 2.52. The summed E-state index contributed by atoms with van der Waals surface area (Å²) in [5.74, 6) is -0.760. The molecule has 1 amide bonds. The number of amides is 1. The number of hydrogen-bond acceptors (Lipinski definition) is 5. The molecule has 0 atom stereocenters. The highest BCUT2D eigenvalue weighted by Gasteiger charge is 2.38. The van der Waals surface area contributed by atoms with Gasteiger partial charge in [-0.15, -0.1) is 0 Å². The summed E-state index contributed by atoms with van der Waals surface area (Å²) in [7, 11) is -7.60. The average molecular weight is 355 g/mol. The molecule has 0 aliphatic rings. The number of sulfonamides is 1. The lowest BCUT2D eigenvalue weighted by molar-refractivity contribution is -0.117. The maximum atomic E-state index is 12.0. The number of nitrogens with one attached hydrogen (secondary N) is 1. The Bertz CT molecular complexity index is 785. The van der Waals surface area contributed by atoms with E-state index < -0.39 is 30.5 Å². The van der Waals surface area contributed by atoms with E-state index in [1.165, 1.54) is 26.0 Å². The van der Waals surface area contributed by atoms with Gasteiger partial charge in [0.2, 0.25) is 15.9 Å². The molecule has 7 nitrogen and oxygen atoms in total. The van der Waals surface area contributed by atoms with E-state index in [0.717, 1.165) is 12.3 Å². The molecule has 0 aliphatic carbocycles. The highest BCUT2D eigenvalue weighted by molar-refractivity contribution is 7.92. The molecule has 3 N–H and O–H groups in total. The first-order chi connectivity index (χ1) is 9.26. The molecule has 0 unspecified atom stereocenters. The van der Waals surface area contributed by atoms with E-state index in [-0.39, 0.29) is 15.6 Å². The van der Waals surface area contributed by atoms with Crippen LogP contribution in [0, 0.1) is 0 Å². The first-order valence-electron chi connectivity index (χ1n) is 5.60. The van der Waals surface area contributed by atoms with E-state index >= 15 is 0 Å². The van der Waals surface area contributed by atoms with Crippen LogP contribution in [-0.2, 0) is 24.7 Å². The minimum absolute atomic E-state index is 0.161. The Hall–Kier alpha value is -1.16. The van der Waals surface area contributed by atoms with E-state index in [1.807, 2.05) is 0 Å². The molecule has 1 aromatic rings. The Morgan fingerprint density at radius 2 is 1.76 bits per heavy atom. The van der Waals surface area contributed by atoms with E-state index in [2.05, 4.69) is 5.32 Å². The third-order valence-electron chi connectivity index (χ3n) is 2.97. The zero-order chi connectivity index (χ0) is 16.6. The number of sulfone groups is 1. The van der Waals surface area contributed by atoms with Crippen LogP contribution >= 0.6 is 11.6 Å². The van der Waals surface area contributed by atoms with Crippen LogP contribution in [0.2, 0.25) is 5.02 Å².